The van der Waals surface area contributed by atoms with E-state index in [1.165, 1.54) is 4.90 Å². The molecule has 3 amide bonds. The average molecular weight is 352 g/mol. The van der Waals surface area contributed by atoms with Crippen molar-refractivity contribution in [1.82, 2.24) is 4.90 Å². The first-order valence-corrected chi connectivity index (χ1v) is 8.40. The number of carbonyl (C=O) groups is 3. The molecule has 0 atom stereocenters. The Bertz CT molecular complexity index is 876. The molecule has 2 aromatic carbocycles. The molecule has 0 radical (unpaired) electrons. The van der Waals surface area contributed by atoms with Gasteiger partial charge in [0.05, 0.1) is 18.2 Å². The number of nitrogens with zero attached hydrogens (tertiary/aromatic N) is 1. The summed E-state index contributed by atoms with van der Waals surface area (Å²) in [4.78, 5) is 38.0. The zero-order valence-corrected chi connectivity index (χ0v) is 14.7. The number of rotatable bonds is 6. The Labute approximate surface area is 151 Å². The number of anilines is 1. The van der Waals surface area contributed by atoms with Crippen molar-refractivity contribution in [3.05, 3.63) is 59.2 Å². The van der Waals surface area contributed by atoms with Crippen molar-refractivity contribution in [2.24, 2.45) is 0 Å². The lowest BCUT2D eigenvalue weighted by Crippen LogP contribution is -2.31. The monoisotopic (exact) mass is 352 g/mol. The normalized spacial score (nSPS) is 12.9. The highest BCUT2D eigenvalue weighted by Gasteiger charge is 2.34. The molecule has 0 fully saturated rings. The van der Waals surface area contributed by atoms with Crippen LogP contribution in [0.2, 0.25) is 0 Å². The molecule has 6 nitrogen and oxygen atoms in total. The first-order valence-electron chi connectivity index (χ1n) is 8.40. The van der Waals surface area contributed by atoms with Crippen LogP contribution in [0, 0.1) is 6.92 Å². The molecule has 0 aliphatic carbocycles. The van der Waals surface area contributed by atoms with E-state index < -0.39 is 0 Å². The Morgan fingerprint density at radius 2 is 1.85 bits per heavy atom. The summed E-state index contributed by atoms with van der Waals surface area (Å²) in [6, 6.07) is 12.3. The van der Waals surface area contributed by atoms with Crippen LogP contribution in [0.5, 0.6) is 5.75 Å². The number of imide groups is 1. The van der Waals surface area contributed by atoms with E-state index in [1.807, 2.05) is 13.0 Å². The van der Waals surface area contributed by atoms with Crippen molar-refractivity contribution in [2.75, 3.05) is 19.0 Å². The molecular weight excluding hydrogens is 332 g/mol. The van der Waals surface area contributed by atoms with E-state index in [0.717, 1.165) is 5.56 Å². The molecule has 1 N–H and O–H groups in total. The van der Waals surface area contributed by atoms with Crippen molar-refractivity contribution in [1.29, 1.82) is 0 Å². The van der Waals surface area contributed by atoms with E-state index in [-0.39, 0.29) is 30.7 Å². The predicted molar refractivity (Wildman–Crippen MR) is 97.4 cm³/mol. The Morgan fingerprint density at radius 1 is 1.08 bits per heavy atom. The molecule has 0 aromatic heterocycles. The fourth-order valence-electron chi connectivity index (χ4n) is 2.93. The minimum absolute atomic E-state index is 0.175. The fourth-order valence-corrected chi connectivity index (χ4v) is 2.93. The topological polar surface area (TPSA) is 75.7 Å². The largest absolute Gasteiger partial charge is 0.497 e. The second kappa shape index (κ2) is 7.39. The number of amides is 3. The van der Waals surface area contributed by atoms with E-state index >= 15 is 0 Å². The van der Waals surface area contributed by atoms with Gasteiger partial charge in [-0.2, -0.15) is 0 Å². The SMILES string of the molecule is COc1cccc(NC(=O)CCCN2C(=O)c3ccc(C)cc3C2=O)c1. The number of hydrogen-bond acceptors (Lipinski definition) is 4. The van der Waals surface area contributed by atoms with Crippen LogP contribution < -0.4 is 10.1 Å². The molecule has 26 heavy (non-hydrogen) atoms. The van der Waals surface area contributed by atoms with Crippen molar-refractivity contribution in [3.63, 3.8) is 0 Å². The highest BCUT2D eigenvalue weighted by molar-refractivity contribution is 6.21. The molecule has 1 aliphatic rings. The summed E-state index contributed by atoms with van der Waals surface area (Å²) in [6.07, 6.45) is 0.615. The number of methoxy groups -OCH3 is 1. The van der Waals surface area contributed by atoms with Gasteiger partial charge in [-0.25, -0.2) is 0 Å². The maximum atomic E-state index is 12.4. The summed E-state index contributed by atoms with van der Waals surface area (Å²) in [5.41, 5.74) is 2.45. The van der Waals surface area contributed by atoms with E-state index in [2.05, 4.69) is 5.32 Å². The van der Waals surface area contributed by atoms with Crippen molar-refractivity contribution in [2.45, 2.75) is 19.8 Å². The van der Waals surface area contributed by atoms with Gasteiger partial charge in [-0.3, -0.25) is 19.3 Å². The van der Waals surface area contributed by atoms with Gasteiger partial charge in [-0.1, -0.05) is 17.7 Å². The Hall–Kier alpha value is -3.15. The minimum atomic E-state index is -0.293. The molecule has 0 saturated carbocycles. The Balaban J connectivity index is 1.54. The molecule has 6 heteroatoms. The Morgan fingerprint density at radius 3 is 2.62 bits per heavy atom. The lowest BCUT2D eigenvalue weighted by molar-refractivity contribution is -0.116. The van der Waals surface area contributed by atoms with E-state index in [9.17, 15) is 14.4 Å². The van der Waals surface area contributed by atoms with Gasteiger partial charge in [-0.05, 0) is 37.6 Å². The minimum Gasteiger partial charge on any atom is -0.497 e. The smallest absolute Gasteiger partial charge is 0.261 e. The number of carbonyl (C=O) groups excluding carboxylic acids is 3. The van der Waals surface area contributed by atoms with Crippen molar-refractivity contribution < 1.29 is 19.1 Å². The molecule has 1 aliphatic heterocycles. The van der Waals surface area contributed by atoms with Crippen LogP contribution in [0.4, 0.5) is 5.69 Å². The zero-order chi connectivity index (χ0) is 18.7. The number of nitrogens with one attached hydrogen (secondary N) is 1. The fraction of sp³-hybridized carbons (Fsp3) is 0.250. The summed E-state index contributed by atoms with van der Waals surface area (Å²) in [7, 11) is 1.56. The molecule has 0 unspecified atom stereocenters. The molecule has 134 valence electrons. The third kappa shape index (κ3) is 3.59. The summed E-state index contributed by atoms with van der Waals surface area (Å²) < 4.78 is 5.11. The number of hydrogen-bond donors (Lipinski definition) is 1. The van der Waals surface area contributed by atoms with Crippen LogP contribution in [0.15, 0.2) is 42.5 Å². The van der Waals surface area contributed by atoms with E-state index in [1.54, 1.807) is 43.5 Å². The third-order valence-electron chi connectivity index (χ3n) is 4.27. The number of aryl methyl sites for hydroxylation is 1. The molecule has 0 spiro atoms. The molecule has 2 aromatic rings. The van der Waals surface area contributed by atoms with Gasteiger partial charge in [0.1, 0.15) is 5.75 Å². The third-order valence-corrected chi connectivity index (χ3v) is 4.27. The zero-order valence-electron chi connectivity index (χ0n) is 14.7. The number of fused-ring (bicyclic) bond motifs is 1. The summed E-state index contributed by atoms with van der Waals surface area (Å²) in [6.45, 7) is 2.10. The first kappa shape index (κ1) is 17.7. The quantitative estimate of drug-likeness (QED) is 0.811. The lowest BCUT2D eigenvalue weighted by atomic mass is 10.1. The highest BCUT2D eigenvalue weighted by Crippen LogP contribution is 2.24. The van der Waals surface area contributed by atoms with Gasteiger partial charge in [0.15, 0.2) is 0 Å². The molecule has 3 rings (SSSR count). The van der Waals surface area contributed by atoms with Gasteiger partial charge >= 0.3 is 0 Å². The number of ether oxygens (including phenoxy) is 1. The second-order valence-corrected chi connectivity index (χ2v) is 6.19. The maximum Gasteiger partial charge on any atom is 0.261 e. The van der Waals surface area contributed by atoms with Crippen LogP contribution in [-0.4, -0.2) is 36.3 Å². The van der Waals surface area contributed by atoms with Gasteiger partial charge in [0.2, 0.25) is 5.91 Å². The lowest BCUT2D eigenvalue weighted by Gasteiger charge is -2.13. The summed E-state index contributed by atoms with van der Waals surface area (Å²) >= 11 is 0. The van der Waals surface area contributed by atoms with Gasteiger partial charge < -0.3 is 10.1 Å². The number of benzene rings is 2. The van der Waals surface area contributed by atoms with Crippen LogP contribution >= 0.6 is 0 Å². The van der Waals surface area contributed by atoms with Gasteiger partial charge in [0, 0.05) is 24.7 Å². The Kier molecular flexibility index (Phi) is 5.02. The molecular formula is C20H20N2O4. The predicted octanol–water partition coefficient (Wildman–Crippen LogP) is 3.02. The average Bonchev–Trinajstić information content (AvgIpc) is 2.86. The molecule has 1 heterocycles. The van der Waals surface area contributed by atoms with Crippen LogP contribution in [0.1, 0.15) is 39.1 Å². The summed E-state index contributed by atoms with van der Waals surface area (Å²) in [5, 5.41) is 2.78. The standard InChI is InChI=1S/C20H20N2O4/c1-13-8-9-16-17(11-13)20(25)22(19(16)24)10-4-7-18(23)21-14-5-3-6-15(12-14)26-2/h3,5-6,8-9,11-12H,4,7,10H2,1-2H3,(H,21,23). The van der Waals surface area contributed by atoms with Crippen LogP contribution in [0.3, 0.4) is 0 Å². The van der Waals surface area contributed by atoms with Crippen LogP contribution in [0.25, 0.3) is 0 Å². The van der Waals surface area contributed by atoms with Gasteiger partial charge in [-0.15, -0.1) is 0 Å². The van der Waals surface area contributed by atoms with Crippen molar-refractivity contribution in [3.8, 4) is 5.75 Å². The molecule has 0 bridgehead atoms. The van der Waals surface area contributed by atoms with Crippen LogP contribution in [-0.2, 0) is 4.79 Å². The van der Waals surface area contributed by atoms with Gasteiger partial charge in [0.25, 0.3) is 11.8 Å². The summed E-state index contributed by atoms with van der Waals surface area (Å²) in [5.74, 6) is -0.102. The van der Waals surface area contributed by atoms with E-state index in [4.69, 9.17) is 4.74 Å². The second-order valence-electron chi connectivity index (χ2n) is 6.19. The van der Waals surface area contributed by atoms with Crippen molar-refractivity contribution >= 4 is 23.4 Å². The first-order chi connectivity index (χ1) is 12.5. The van der Waals surface area contributed by atoms with E-state index in [0.29, 0.717) is 29.0 Å². The molecule has 0 saturated heterocycles. The maximum absolute atomic E-state index is 12.4. The highest BCUT2D eigenvalue weighted by atomic mass is 16.5.